The third-order valence-corrected chi connectivity index (χ3v) is 8.98. The van der Waals surface area contributed by atoms with E-state index >= 15 is 0 Å². The lowest BCUT2D eigenvalue weighted by molar-refractivity contribution is -0.139. The molecule has 8 nitrogen and oxygen atoms in total. The van der Waals surface area contributed by atoms with Gasteiger partial charge in [-0.15, -0.1) is 0 Å². The summed E-state index contributed by atoms with van der Waals surface area (Å²) in [5, 5.41) is 2.95. The van der Waals surface area contributed by atoms with Gasteiger partial charge in [0.2, 0.25) is 11.8 Å². The Kier molecular flexibility index (Phi) is 10.4. The SMILES string of the molecule is CNC(=O)[C@@H](Cc1ccccc1)N(Cc1cccc(C)c1)C(=O)CN(c1cc(Cl)ccc1OC)S(=O)(=O)c1ccccc1. The summed E-state index contributed by atoms with van der Waals surface area (Å²) >= 11 is 6.31. The number of rotatable bonds is 12. The molecule has 4 aromatic carbocycles. The largest absolute Gasteiger partial charge is 0.495 e. The predicted molar refractivity (Wildman–Crippen MR) is 169 cm³/mol. The van der Waals surface area contributed by atoms with E-state index in [1.165, 1.54) is 37.3 Å². The van der Waals surface area contributed by atoms with Crippen LogP contribution in [0.2, 0.25) is 5.02 Å². The molecule has 0 aliphatic heterocycles. The number of amides is 2. The van der Waals surface area contributed by atoms with Gasteiger partial charge in [0.15, 0.2) is 0 Å². The maximum atomic E-state index is 14.4. The molecule has 1 atom stereocenters. The maximum absolute atomic E-state index is 14.4. The number of sulfonamides is 1. The molecule has 0 aromatic heterocycles. The molecule has 0 aliphatic carbocycles. The highest BCUT2D eigenvalue weighted by Crippen LogP contribution is 2.35. The second kappa shape index (κ2) is 14.2. The first-order chi connectivity index (χ1) is 20.6. The smallest absolute Gasteiger partial charge is 0.264 e. The van der Waals surface area contributed by atoms with Crippen LogP contribution in [-0.4, -0.2) is 51.9 Å². The first-order valence-corrected chi connectivity index (χ1v) is 15.5. The molecule has 0 saturated heterocycles. The van der Waals surface area contributed by atoms with Crippen molar-refractivity contribution >= 4 is 39.1 Å². The standard InChI is InChI=1S/C33H34ClN3O5S/c1-24-11-10-14-26(19-24)22-36(30(33(39)35-2)20-25-12-6-4-7-13-25)32(38)23-37(29-21-27(34)17-18-31(29)42-3)43(40,41)28-15-8-5-9-16-28/h4-19,21,30H,20,22-23H2,1-3H3,(H,35,39)/t30-/m1/s1. The highest BCUT2D eigenvalue weighted by molar-refractivity contribution is 7.92. The van der Waals surface area contributed by atoms with Crippen molar-refractivity contribution in [3.05, 3.63) is 125 Å². The van der Waals surface area contributed by atoms with Gasteiger partial charge < -0.3 is 15.0 Å². The quantitative estimate of drug-likeness (QED) is 0.234. The Morgan fingerprint density at radius 3 is 2.16 bits per heavy atom. The van der Waals surface area contributed by atoms with Crippen LogP contribution in [0, 0.1) is 6.92 Å². The number of carbonyl (C=O) groups is 2. The Morgan fingerprint density at radius 2 is 1.53 bits per heavy atom. The van der Waals surface area contributed by atoms with Crippen molar-refractivity contribution in [2.75, 3.05) is 25.0 Å². The van der Waals surface area contributed by atoms with E-state index in [-0.39, 0.29) is 40.2 Å². The van der Waals surface area contributed by atoms with Crippen molar-refractivity contribution in [2.24, 2.45) is 0 Å². The minimum absolute atomic E-state index is 0.0119. The number of nitrogens with one attached hydrogen (secondary N) is 1. The molecule has 2 amide bonds. The van der Waals surface area contributed by atoms with Gasteiger partial charge in [-0.25, -0.2) is 8.42 Å². The van der Waals surface area contributed by atoms with E-state index in [1.54, 1.807) is 30.3 Å². The molecule has 0 saturated carbocycles. The van der Waals surface area contributed by atoms with Gasteiger partial charge in [-0.2, -0.15) is 0 Å². The number of nitrogens with zero attached hydrogens (tertiary/aromatic N) is 2. The molecule has 224 valence electrons. The van der Waals surface area contributed by atoms with E-state index in [4.69, 9.17) is 16.3 Å². The topological polar surface area (TPSA) is 96.0 Å². The fourth-order valence-electron chi connectivity index (χ4n) is 4.82. The van der Waals surface area contributed by atoms with E-state index in [1.807, 2.05) is 61.5 Å². The molecule has 0 aliphatic rings. The first-order valence-electron chi connectivity index (χ1n) is 13.7. The minimum Gasteiger partial charge on any atom is -0.495 e. The lowest BCUT2D eigenvalue weighted by Crippen LogP contribution is -2.53. The van der Waals surface area contributed by atoms with Crippen molar-refractivity contribution in [1.29, 1.82) is 0 Å². The molecule has 0 fully saturated rings. The van der Waals surface area contributed by atoms with Gasteiger partial charge in [0, 0.05) is 25.0 Å². The van der Waals surface area contributed by atoms with Crippen LogP contribution in [-0.2, 0) is 32.6 Å². The highest BCUT2D eigenvalue weighted by Gasteiger charge is 2.35. The number of anilines is 1. The molecule has 0 bridgehead atoms. The zero-order valence-corrected chi connectivity index (χ0v) is 25.8. The van der Waals surface area contributed by atoms with Crippen LogP contribution in [0.1, 0.15) is 16.7 Å². The van der Waals surface area contributed by atoms with Crippen molar-refractivity contribution in [1.82, 2.24) is 10.2 Å². The van der Waals surface area contributed by atoms with Crippen LogP contribution in [0.15, 0.2) is 108 Å². The number of methoxy groups -OCH3 is 1. The fraction of sp³-hybridized carbons (Fsp3) is 0.212. The summed E-state index contributed by atoms with van der Waals surface area (Å²) in [6.07, 6.45) is 0.226. The van der Waals surface area contributed by atoms with Gasteiger partial charge in [0.25, 0.3) is 10.0 Å². The number of ether oxygens (including phenoxy) is 1. The van der Waals surface area contributed by atoms with E-state index in [0.717, 1.165) is 21.0 Å². The maximum Gasteiger partial charge on any atom is 0.264 e. The zero-order valence-electron chi connectivity index (χ0n) is 24.2. The van der Waals surface area contributed by atoms with Crippen molar-refractivity contribution in [3.8, 4) is 5.75 Å². The summed E-state index contributed by atoms with van der Waals surface area (Å²) in [7, 11) is -1.35. The molecule has 4 aromatic rings. The molecule has 0 heterocycles. The summed E-state index contributed by atoms with van der Waals surface area (Å²) in [5.74, 6) is -0.732. The number of benzene rings is 4. The fourth-order valence-corrected chi connectivity index (χ4v) is 6.42. The van der Waals surface area contributed by atoms with E-state index in [9.17, 15) is 18.0 Å². The third kappa shape index (κ3) is 7.74. The molecule has 10 heteroatoms. The summed E-state index contributed by atoms with van der Waals surface area (Å²) in [6.45, 7) is 1.41. The van der Waals surface area contributed by atoms with E-state index < -0.39 is 28.5 Å². The van der Waals surface area contributed by atoms with Gasteiger partial charge in [-0.1, -0.05) is 90.0 Å². The molecular formula is C33H34ClN3O5S. The third-order valence-electron chi connectivity index (χ3n) is 6.97. The van der Waals surface area contributed by atoms with Crippen LogP contribution in [0.25, 0.3) is 0 Å². The Hall–Kier alpha value is -4.34. The molecular weight excluding hydrogens is 586 g/mol. The molecule has 4 rings (SSSR count). The lowest BCUT2D eigenvalue weighted by atomic mass is 10.0. The molecule has 0 spiro atoms. The van der Waals surface area contributed by atoms with E-state index in [0.29, 0.717) is 0 Å². The summed E-state index contributed by atoms with van der Waals surface area (Å²) in [6, 6.07) is 28.4. The number of aryl methyl sites for hydroxylation is 1. The van der Waals surface area contributed by atoms with Gasteiger partial charge >= 0.3 is 0 Å². The number of carbonyl (C=O) groups excluding carboxylic acids is 2. The van der Waals surface area contributed by atoms with Gasteiger partial charge in [0.05, 0.1) is 17.7 Å². The van der Waals surface area contributed by atoms with Gasteiger partial charge in [-0.3, -0.25) is 13.9 Å². The minimum atomic E-state index is -4.28. The summed E-state index contributed by atoms with van der Waals surface area (Å²) in [4.78, 5) is 29.2. The average molecular weight is 620 g/mol. The Morgan fingerprint density at radius 1 is 0.884 bits per heavy atom. The lowest BCUT2D eigenvalue weighted by Gasteiger charge is -2.34. The molecule has 0 radical (unpaired) electrons. The van der Waals surface area contributed by atoms with Crippen LogP contribution in [0.3, 0.4) is 0 Å². The van der Waals surface area contributed by atoms with Gasteiger partial charge in [-0.05, 0) is 48.4 Å². The number of halogens is 1. The zero-order chi connectivity index (χ0) is 31.0. The second-order valence-electron chi connectivity index (χ2n) is 9.97. The summed E-state index contributed by atoms with van der Waals surface area (Å²) < 4.78 is 34.7. The molecule has 0 unspecified atom stereocenters. The van der Waals surface area contributed by atoms with Crippen LogP contribution in [0.4, 0.5) is 5.69 Å². The Bertz CT molecular complexity index is 1670. The average Bonchev–Trinajstić information content (AvgIpc) is 3.02. The Balaban J connectivity index is 1.83. The van der Waals surface area contributed by atoms with E-state index in [2.05, 4.69) is 5.32 Å². The van der Waals surface area contributed by atoms with Crippen LogP contribution >= 0.6 is 11.6 Å². The van der Waals surface area contributed by atoms with Crippen molar-refractivity contribution < 1.29 is 22.7 Å². The predicted octanol–water partition coefficient (Wildman–Crippen LogP) is 5.24. The molecule has 43 heavy (non-hydrogen) atoms. The number of hydrogen-bond donors (Lipinski definition) is 1. The Labute approximate surface area is 257 Å². The highest BCUT2D eigenvalue weighted by atomic mass is 35.5. The normalized spacial score (nSPS) is 11.8. The first kappa shape index (κ1) is 31.6. The van der Waals surface area contributed by atoms with Crippen molar-refractivity contribution in [2.45, 2.75) is 30.8 Å². The van der Waals surface area contributed by atoms with Gasteiger partial charge in [0.1, 0.15) is 18.3 Å². The summed E-state index contributed by atoms with van der Waals surface area (Å²) in [5.41, 5.74) is 2.74. The van der Waals surface area contributed by atoms with Crippen LogP contribution in [0.5, 0.6) is 5.75 Å². The monoisotopic (exact) mass is 619 g/mol. The van der Waals surface area contributed by atoms with Crippen molar-refractivity contribution in [3.63, 3.8) is 0 Å². The second-order valence-corrected chi connectivity index (χ2v) is 12.3. The number of hydrogen-bond acceptors (Lipinski definition) is 5. The van der Waals surface area contributed by atoms with Crippen LogP contribution < -0.4 is 14.4 Å². The molecule has 1 N–H and O–H groups in total. The number of likely N-dealkylation sites (N-methyl/N-ethyl adjacent to an activating group) is 1.